The summed E-state index contributed by atoms with van der Waals surface area (Å²) in [6.07, 6.45) is 0.149. The maximum atomic E-state index is 13.3. The SMILES string of the molecule is COc1cc(F)ccc1-c1csc([C@H]2CNC[C@@H](C)O2)n1. The molecule has 21 heavy (non-hydrogen) atoms. The van der Waals surface area contributed by atoms with Crippen molar-refractivity contribution >= 4 is 11.3 Å². The molecule has 2 aromatic rings. The van der Waals surface area contributed by atoms with E-state index in [1.54, 1.807) is 17.4 Å². The van der Waals surface area contributed by atoms with Crippen LogP contribution in [0.25, 0.3) is 11.3 Å². The van der Waals surface area contributed by atoms with E-state index in [1.807, 2.05) is 12.3 Å². The normalized spacial score (nSPS) is 22.2. The van der Waals surface area contributed by atoms with Crippen LogP contribution >= 0.6 is 11.3 Å². The second-order valence-corrected chi connectivity index (χ2v) is 5.90. The molecule has 6 heteroatoms. The molecular formula is C15H17FN2O2S. The molecule has 1 aromatic heterocycles. The van der Waals surface area contributed by atoms with Crippen LogP contribution in [0.2, 0.25) is 0 Å². The van der Waals surface area contributed by atoms with Crippen molar-refractivity contribution < 1.29 is 13.9 Å². The van der Waals surface area contributed by atoms with Crippen LogP contribution in [-0.4, -0.2) is 31.3 Å². The van der Waals surface area contributed by atoms with Gasteiger partial charge in [0.2, 0.25) is 0 Å². The van der Waals surface area contributed by atoms with Gasteiger partial charge in [-0.2, -0.15) is 0 Å². The van der Waals surface area contributed by atoms with Crippen molar-refractivity contribution in [3.63, 3.8) is 0 Å². The topological polar surface area (TPSA) is 43.4 Å². The van der Waals surface area contributed by atoms with Crippen LogP contribution in [0, 0.1) is 5.82 Å². The van der Waals surface area contributed by atoms with E-state index in [4.69, 9.17) is 9.47 Å². The zero-order valence-electron chi connectivity index (χ0n) is 11.9. The second-order valence-electron chi connectivity index (χ2n) is 5.01. The first-order valence-electron chi connectivity index (χ1n) is 6.83. The lowest BCUT2D eigenvalue weighted by atomic mass is 10.1. The van der Waals surface area contributed by atoms with Gasteiger partial charge in [0, 0.05) is 30.1 Å². The summed E-state index contributed by atoms with van der Waals surface area (Å²) in [5.41, 5.74) is 1.58. The van der Waals surface area contributed by atoms with E-state index in [2.05, 4.69) is 10.3 Å². The number of halogens is 1. The first-order chi connectivity index (χ1) is 10.2. The Hall–Kier alpha value is -1.50. The van der Waals surface area contributed by atoms with Gasteiger partial charge in [-0.1, -0.05) is 0 Å². The minimum atomic E-state index is -0.320. The summed E-state index contributed by atoms with van der Waals surface area (Å²) < 4.78 is 24.4. The van der Waals surface area contributed by atoms with E-state index >= 15 is 0 Å². The quantitative estimate of drug-likeness (QED) is 0.946. The Bertz CT molecular complexity index is 632. The van der Waals surface area contributed by atoms with Gasteiger partial charge in [0.15, 0.2) is 0 Å². The van der Waals surface area contributed by atoms with Crippen molar-refractivity contribution in [1.29, 1.82) is 0 Å². The Morgan fingerprint density at radius 1 is 1.43 bits per heavy atom. The van der Waals surface area contributed by atoms with E-state index in [0.717, 1.165) is 29.4 Å². The van der Waals surface area contributed by atoms with Gasteiger partial charge in [0.25, 0.3) is 0 Å². The molecule has 1 aliphatic heterocycles. The smallest absolute Gasteiger partial charge is 0.131 e. The van der Waals surface area contributed by atoms with Crippen LogP contribution in [-0.2, 0) is 4.74 Å². The second kappa shape index (κ2) is 6.09. The molecule has 1 saturated heterocycles. The summed E-state index contributed by atoms with van der Waals surface area (Å²) in [4.78, 5) is 4.63. The maximum Gasteiger partial charge on any atom is 0.131 e. The first kappa shape index (κ1) is 14.4. The van der Waals surface area contributed by atoms with E-state index < -0.39 is 0 Å². The number of ether oxygens (including phenoxy) is 2. The molecule has 0 amide bonds. The van der Waals surface area contributed by atoms with Crippen molar-refractivity contribution in [3.05, 3.63) is 34.4 Å². The molecule has 0 saturated carbocycles. The van der Waals surface area contributed by atoms with E-state index in [9.17, 15) is 4.39 Å². The molecule has 0 radical (unpaired) electrons. The third-order valence-electron chi connectivity index (χ3n) is 3.40. The van der Waals surface area contributed by atoms with Crippen molar-refractivity contribution in [2.45, 2.75) is 19.1 Å². The van der Waals surface area contributed by atoms with Crippen LogP contribution in [0.3, 0.4) is 0 Å². The molecule has 3 rings (SSSR count). The average Bonchev–Trinajstić information content (AvgIpc) is 2.96. The number of aromatic nitrogens is 1. The molecule has 1 N–H and O–H groups in total. The molecule has 1 aromatic carbocycles. The molecule has 0 bridgehead atoms. The zero-order chi connectivity index (χ0) is 14.8. The maximum absolute atomic E-state index is 13.3. The predicted molar refractivity (Wildman–Crippen MR) is 80.2 cm³/mol. The number of hydrogen-bond acceptors (Lipinski definition) is 5. The van der Waals surface area contributed by atoms with E-state index in [0.29, 0.717) is 5.75 Å². The number of nitrogens with one attached hydrogen (secondary N) is 1. The van der Waals surface area contributed by atoms with Gasteiger partial charge in [-0.05, 0) is 19.1 Å². The van der Waals surface area contributed by atoms with Gasteiger partial charge in [0.05, 0.1) is 18.9 Å². The zero-order valence-corrected chi connectivity index (χ0v) is 12.7. The molecule has 0 aliphatic carbocycles. The van der Waals surface area contributed by atoms with Crippen LogP contribution in [0.1, 0.15) is 18.0 Å². The van der Waals surface area contributed by atoms with Gasteiger partial charge >= 0.3 is 0 Å². The third-order valence-corrected chi connectivity index (χ3v) is 4.33. The molecule has 1 aliphatic rings. The summed E-state index contributed by atoms with van der Waals surface area (Å²) in [7, 11) is 1.53. The molecule has 0 unspecified atom stereocenters. The number of nitrogens with zero attached hydrogens (tertiary/aromatic N) is 1. The Morgan fingerprint density at radius 3 is 3.05 bits per heavy atom. The molecule has 4 nitrogen and oxygen atoms in total. The highest BCUT2D eigenvalue weighted by Crippen LogP contribution is 2.34. The predicted octanol–water partition coefficient (Wildman–Crippen LogP) is 3.01. The fraction of sp³-hybridized carbons (Fsp3) is 0.400. The number of methoxy groups -OCH3 is 1. The Kier molecular flexibility index (Phi) is 4.19. The van der Waals surface area contributed by atoms with Crippen molar-refractivity contribution in [2.75, 3.05) is 20.2 Å². The highest BCUT2D eigenvalue weighted by Gasteiger charge is 2.23. The first-order valence-corrected chi connectivity index (χ1v) is 7.71. The van der Waals surface area contributed by atoms with Crippen molar-refractivity contribution in [1.82, 2.24) is 10.3 Å². The minimum Gasteiger partial charge on any atom is -0.496 e. The largest absolute Gasteiger partial charge is 0.496 e. The van der Waals surface area contributed by atoms with Crippen LogP contribution < -0.4 is 10.1 Å². The highest BCUT2D eigenvalue weighted by atomic mass is 32.1. The van der Waals surface area contributed by atoms with Crippen LogP contribution in [0.4, 0.5) is 4.39 Å². The number of hydrogen-bond donors (Lipinski definition) is 1. The summed E-state index contributed by atoms with van der Waals surface area (Å²) in [5, 5.41) is 6.21. The lowest BCUT2D eigenvalue weighted by Crippen LogP contribution is -2.38. The van der Waals surface area contributed by atoms with Gasteiger partial charge in [-0.25, -0.2) is 9.37 Å². The fourth-order valence-electron chi connectivity index (χ4n) is 2.38. The van der Waals surface area contributed by atoms with Crippen molar-refractivity contribution in [3.8, 4) is 17.0 Å². The van der Waals surface area contributed by atoms with Crippen LogP contribution in [0.5, 0.6) is 5.75 Å². The lowest BCUT2D eigenvalue weighted by Gasteiger charge is -2.27. The molecule has 2 atom stereocenters. The van der Waals surface area contributed by atoms with Gasteiger partial charge in [0.1, 0.15) is 22.7 Å². The Balaban J connectivity index is 1.88. The van der Waals surface area contributed by atoms with Crippen LogP contribution in [0.15, 0.2) is 23.6 Å². The monoisotopic (exact) mass is 308 g/mol. The number of benzene rings is 1. The van der Waals surface area contributed by atoms with E-state index in [-0.39, 0.29) is 18.0 Å². The van der Waals surface area contributed by atoms with E-state index in [1.165, 1.54) is 19.2 Å². The highest BCUT2D eigenvalue weighted by molar-refractivity contribution is 7.10. The van der Waals surface area contributed by atoms with Crippen molar-refractivity contribution in [2.24, 2.45) is 0 Å². The standard InChI is InChI=1S/C15H17FN2O2S/c1-9-6-17-7-14(20-9)15-18-12(8-21-15)11-4-3-10(16)5-13(11)19-2/h3-5,8-9,14,17H,6-7H2,1-2H3/t9-,14-/m1/s1. The molecule has 112 valence electrons. The molecular weight excluding hydrogens is 291 g/mol. The summed E-state index contributed by atoms with van der Waals surface area (Å²) >= 11 is 1.55. The summed E-state index contributed by atoms with van der Waals surface area (Å²) in [6, 6.07) is 4.47. The van der Waals surface area contributed by atoms with Gasteiger partial charge < -0.3 is 14.8 Å². The average molecular weight is 308 g/mol. The molecule has 0 spiro atoms. The number of thiazole rings is 1. The molecule has 1 fully saturated rings. The fourth-order valence-corrected chi connectivity index (χ4v) is 3.23. The number of morpholine rings is 1. The summed E-state index contributed by atoms with van der Waals surface area (Å²) in [6.45, 7) is 3.66. The number of rotatable bonds is 3. The minimum absolute atomic E-state index is 0.0288. The third kappa shape index (κ3) is 3.07. The Labute approximate surface area is 126 Å². The van der Waals surface area contributed by atoms with Gasteiger partial charge in [-0.15, -0.1) is 11.3 Å². The molecule has 2 heterocycles. The summed E-state index contributed by atoms with van der Waals surface area (Å²) in [5.74, 6) is 0.169. The van der Waals surface area contributed by atoms with Gasteiger partial charge in [-0.3, -0.25) is 0 Å². The Morgan fingerprint density at radius 2 is 2.29 bits per heavy atom. The lowest BCUT2D eigenvalue weighted by molar-refractivity contribution is -0.0287.